The van der Waals surface area contributed by atoms with E-state index in [1.54, 1.807) is 19.5 Å². The third-order valence-electron chi connectivity index (χ3n) is 2.08. The zero-order chi connectivity index (χ0) is 12.5. The molecular formula is C13H16ClNO2. The van der Waals surface area contributed by atoms with Crippen LogP contribution in [0.2, 0.25) is 0 Å². The highest BCUT2D eigenvalue weighted by molar-refractivity contribution is 6.19. The summed E-state index contributed by atoms with van der Waals surface area (Å²) in [6.07, 6.45) is 4.29. The molecule has 0 aliphatic heterocycles. The summed E-state index contributed by atoms with van der Waals surface area (Å²) in [5.74, 6) is 6.71. The maximum absolute atomic E-state index is 5.69. The molecule has 0 fully saturated rings. The summed E-state index contributed by atoms with van der Waals surface area (Å²) in [4.78, 5) is 4.07. The number of methoxy groups -OCH3 is 1. The van der Waals surface area contributed by atoms with E-state index in [-0.39, 0.29) is 6.10 Å². The summed E-state index contributed by atoms with van der Waals surface area (Å²) in [7, 11) is 1.68. The first kappa shape index (κ1) is 13.8. The molecule has 0 amide bonds. The van der Waals surface area contributed by atoms with Gasteiger partial charge in [0.05, 0.1) is 18.2 Å². The van der Waals surface area contributed by atoms with Gasteiger partial charge in [0.25, 0.3) is 0 Å². The SMILES string of the molecule is COCCC(C)Oc1cncc(C#CCCl)c1. The molecule has 1 heterocycles. The van der Waals surface area contributed by atoms with Gasteiger partial charge in [-0.25, -0.2) is 0 Å². The number of pyridine rings is 1. The molecular weight excluding hydrogens is 238 g/mol. The first-order valence-electron chi connectivity index (χ1n) is 5.41. The Morgan fingerprint density at radius 2 is 2.29 bits per heavy atom. The minimum atomic E-state index is 0.0907. The second kappa shape index (κ2) is 7.94. The van der Waals surface area contributed by atoms with E-state index in [9.17, 15) is 0 Å². The van der Waals surface area contributed by atoms with E-state index in [2.05, 4.69) is 16.8 Å². The monoisotopic (exact) mass is 253 g/mol. The van der Waals surface area contributed by atoms with Crippen molar-refractivity contribution >= 4 is 11.6 Å². The normalized spacial score (nSPS) is 11.5. The van der Waals surface area contributed by atoms with Gasteiger partial charge in [-0.3, -0.25) is 4.98 Å². The Hall–Kier alpha value is -1.24. The van der Waals surface area contributed by atoms with Crippen LogP contribution >= 0.6 is 11.6 Å². The van der Waals surface area contributed by atoms with Crippen LogP contribution in [0.25, 0.3) is 0 Å². The van der Waals surface area contributed by atoms with Crippen LogP contribution in [-0.2, 0) is 4.74 Å². The van der Waals surface area contributed by atoms with E-state index in [4.69, 9.17) is 21.1 Å². The van der Waals surface area contributed by atoms with E-state index < -0.39 is 0 Å². The molecule has 0 N–H and O–H groups in total. The van der Waals surface area contributed by atoms with Crippen molar-refractivity contribution in [1.82, 2.24) is 4.98 Å². The van der Waals surface area contributed by atoms with Crippen molar-refractivity contribution in [3.05, 3.63) is 24.0 Å². The highest BCUT2D eigenvalue weighted by Gasteiger charge is 2.04. The third-order valence-corrected chi connectivity index (χ3v) is 2.21. The second-order valence-corrected chi connectivity index (χ2v) is 3.82. The molecule has 92 valence electrons. The standard InChI is InChI=1S/C13H16ClNO2/c1-11(5-7-16-2)17-13-8-12(4-3-6-14)9-15-10-13/h8-11H,5-7H2,1-2H3. The first-order valence-corrected chi connectivity index (χ1v) is 5.95. The molecule has 1 unspecified atom stereocenters. The smallest absolute Gasteiger partial charge is 0.139 e. The van der Waals surface area contributed by atoms with Gasteiger partial charge >= 0.3 is 0 Å². The van der Waals surface area contributed by atoms with E-state index in [1.165, 1.54) is 0 Å². The summed E-state index contributed by atoms with van der Waals surface area (Å²) in [6.45, 7) is 2.68. The Morgan fingerprint density at radius 3 is 3.00 bits per heavy atom. The Kier molecular flexibility index (Phi) is 6.46. The molecule has 1 aromatic heterocycles. The van der Waals surface area contributed by atoms with Gasteiger partial charge in [0, 0.05) is 31.9 Å². The number of hydrogen-bond donors (Lipinski definition) is 0. The van der Waals surface area contributed by atoms with Crippen LogP contribution in [-0.4, -0.2) is 30.7 Å². The summed E-state index contributed by atoms with van der Waals surface area (Å²) in [6, 6.07) is 1.86. The van der Waals surface area contributed by atoms with Gasteiger partial charge < -0.3 is 9.47 Å². The van der Waals surface area contributed by atoms with Gasteiger partial charge in [-0.1, -0.05) is 11.8 Å². The predicted octanol–water partition coefficient (Wildman–Crippen LogP) is 2.48. The first-order chi connectivity index (χ1) is 8.26. The van der Waals surface area contributed by atoms with Crippen molar-refractivity contribution in [2.24, 2.45) is 0 Å². The number of hydrogen-bond acceptors (Lipinski definition) is 3. The largest absolute Gasteiger partial charge is 0.489 e. The van der Waals surface area contributed by atoms with Crippen molar-refractivity contribution in [2.75, 3.05) is 19.6 Å². The van der Waals surface area contributed by atoms with Crippen molar-refractivity contribution in [3.63, 3.8) is 0 Å². The van der Waals surface area contributed by atoms with E-state index in [0.29, 0.717) is 12.5 Å². The van der Waals surface area contributed by atoms with Gasteiger partial charge in [0.2, 0.25) is 0 Å². The van der Waals surface area contributed by atoms with Crippen LogP contribution in [0.3, 0.4) is 0 Å². The maximum atomic E-state index is 5.69. The highest BCUT2D eigenvalue weighted by atomic mass is 35.5. The number of nitrogens with zero attached hydrogens (tertiary/aromatic N) is 1. The molecule has 4 heteroatoms. The van der Waals surface area contributed by atoms with Crippen molar-refractivity contribution in [3.8, 4) is 17.6 Å². The molecule has 17 heavy (non-hydrogen) atoms. The summed E-state index contributed by atoms with van der Waals surface area (Å²) < 4.78 is 10.7. The lowest BCUT2D eigenvalue weighted by atomic mass is 10.2. The lowest BCUT2D eigenvalue weighted by molar-refractivity contribution is 0.135. The minimum absolute atomic E-state index is 0.0907. The topological polar surface area (TPSA) is 31.4 Å². The molecule has 0 spiro atoms. The fourth-order valence-electron chi connectivity index (χ4n) is 1.26. The van der Waals surface area contributed by atoms with Crippen LogP contribution in [0.5, 0.6) is 5.75 Å². The maximum Gasteiger partial charge on any atom is 0.139 e. The predicted molar refractivity (Wildman–Crippen MR) is 68.4 cm³/mol. The Balaban J connectivity index is 2.59. The molecule has 0 bridgehead atoms. The second-order valence-electron chi connectivity index (χ2n) is 3.55. The zero-order valence-electron chi connectivity index (χ0n) is 10.1. The number of alkyl halides is 1. The van der Waals surface area contributed by atoms with Crippen LogP contribution in [0.15, 0.2) is 18.5 Å². The Morgan fingerprint density at radius 1 is 1.47 bits per heavy atom. The molecule has 0 saturated heterocycles. The zero-order valence-corrected chi connectivity index (χ0v) is 10.8. The van der Waals surface area contributed by atoms with Crippen LogP contribution < -0.4 is 4.74 Å². The Labute approximate surface area is 107 Å². The van der Waals surface area contributed by atoms with Crippen molar-refractivity contribution in [1.29, 1.82) is 0 Å². The molecule has 1 atom stereocenters. The average Bonchev–Trinajstić information content (AvgIpc) is 2.34. The van der Waals surface area contributed by atoms with E-state index >= 15 is 0 Å². The molecule has 1 aromatic rings. The van der Waals surface area contributed by atoms with Gasteiger partial charge in [-0.05, 0) is 13.0 Å². The highest BCUT2D eigenvalue weighted by Crippen LogP contribution is 2.13. The molecule has 0 radical (unpaired) electrons. The lowest BCUT2D eigenvalue weighted by Crippen LogP contribution is -2.14. The summed E-state index contributed by atoms with van der Waals surface area (Å²) >= 11 is 5.49. The number of rotatable bonds is 5. The van der Waals surface area contributed by atoms with E-state index in [0.717, 1.165) is 17.7 Å². The number of aromatic nitrogens is 1. The van der Waals surface area contributed by atoms with Crippen LogP contribution in [0.4, 0.5) is 0 Å². The van der Waals surface area contributed by atoms with Gasteiger partial charge in [-0.15, -0.1) is 11.6 Å². The molecule has 3 nitrogen and oxygen atoms in total. The fraction of sp³-hybridized carbons (Fsp3) is 0.462. The molecule has 0 saturated carbocycles. The van der Waals surface area contributed by atoms with Gasteiger partial charge in [0.15, 0.2) is 0 Å². The van der Waals surface area contributed by atoms with Crippen molar-refractivity contribution < 1.29 is 9.47 Å². The molecule has 0 aromatic carbocycles. The number of ether oxygens (including phenoxy) is 2. The van der Waals surface area contributed by atoms with Crippen molar-refractivity contribution in [2.45, 2.75) is 19.4 Å². The molecule has 0 aliphatic rings. The fourth-order valence-corrected chi connectivity index (χ4v) is 1.33. The van der Waals surface area contributed by atoms with Crippen LogP contribution in [0, 0.1) is 11.8 Å². The van der Waals surface area contributed by atoms with Crippen LogP contribution in [0.1, 0.15) is 18.9 Å². The summed E-state index contributed by atoms with van der Waals surface area (Å²) in [5.41, 5.74) is 0.807. The number of halogens is 1. The van der Waals surface area contributed by atoms with Gasteiger partial charge in [-0.2, -0.15) is 0 Å². The quantitative estimate of drug-likeness (QED) is 0.597. The van der Waals surface area contributed by atoms with Gasteiger partial charge in [0.1, 0.15) is 5.75 Å². The molecule has 0 aliphatic carbocycles. The molecule has 1 rings (SSSR count). The van der Waals surface area contributed by atoms with E-state index in [1.807, 2.05) is 13.0 Å². The average molecular weight is 254 g/mol. The third kappa shape index (κ3) is 5.58. The lowest BCUT2D eigenvalue weighted by Gasteiger charge is -2.13. The summed E-state index contributed by atoms with van der Waals surface area (Å²) in [5, 5.41) is 0. The Bertz CT molecular complexity index is 398. The minimum Gasteiger partial charge on any atom is -0.489 e.